The predicted octanol–water partition coefficient (Wildman–Crippen LogP) is 2.46. The summed E-state index contributed by atoms with van der Waals surface area (Å²) in [4.78, 5) is 2.40. The summed E-state index contributed by atoms with van der Waals surface area (Å²) in [6.07, 6.45) is 0. The van der Waals surface area contributed by atoms with Gasteiger partial charge in [-0.2, -0.15) is 0 Å². The topological polar surface area (TPSA) is 37.4 Å². The Morgan fingerprint density at radius 1 is 1.12 bits per heavy atom. The molecule has 0 spiro atoms. The summed E-state index contributed by atoms with van der Waals surface area (Å²) in [5.41, 5.74) is 1.09. The molecule has 0 saturated heterocycles. The van der Waals surface area contributed by atoms with Gasteiger partial charge in [0, 0.05) is 17.2 Å². The summed E-state index contributed by atoms with van der Waals surface area (Å²) in [6, 6.07) is 6.68. The fourth-order valence-corrected chi connectivity index (χ4v) is 2.23. The number of halogens is 1. The smallest absolute Gasteiger partial charge is 0.261 e. The van der Waals surface area contributed by atoms with Crippen molar-refractivity contribution in [2.24, 2.45) is 0 Å². The number of hydrogen-bond donors (Lipinski definition) is 0. The molecule has 0 N–H and O–H groups in total. The van der Waals surface area contributed by atoms with E-state index in [0.29, 0.717) is 0 Å². The predicted molar refractivity (Wildman–Crippen MR) is 66.1 cm³/mol. The van der Waals surface area contributed by atoms with Gasteiger partial charge in [0.1, 0.15) is 0 Å². The highest BCUT2D eigenvalue weighted by molar-refractivity contribution is 8.13. The molecule has 0 radical (unpaired) electrons. The van der Waals surface area contributed by atoms with E-state index in [1.165, 1.54) is 0 Å². The Morgan fingerprint density at radius 2 is 1.62 bits per heavy atom. The highest BCUT2D eigenvalue weighted by Gasteiger charge is 2.09. The molecule has 0 bridgehead atoms. The third kappa shape index (κ3) is 3.77. The molecule has 0 saturated carbocycles. The Morgan fingerprint density at radius 3 is 2.00 bits per heavy atom. The van der Waals surface area contributed by atoms with E-state index in [4.69, 9.17) is 10.7 Å². The van der Waals surface area contributed by atoms with Crippen LogP contribution in [0.4, 0.5) is 0 Å². The van der Waals surface area contributed by atoms with Crippen LogP contribution in [0.2, 0.25) is 0 Å². The van der Waals surface area contributed by atoms with E-state index in [-0.39, 0.29) is 4.90 Å². The second-order valence-corrected chi connectivity index (χ2v) is 6.11. The Bertz CT molecular complexity index is 424. The van der Waals surface area contributed by atoms with Gasteiger partial charge in [0.25, 0.3) is 9.05 Å². The molecule has 5 heteroatoms. The van der Waals surface area contributed by atoms with Crippen LogP contribution >= 0.6 is 10.7 Å². The number of benzene rings is 1. The first-order chi connectivity index (χ1) is 7.47. The summed E-state index contributed by atoms with van der Waals surface area (Å²) in [7, 11) is 1.63. The van der Waals surface area contributed by atoms with Crippen molar-refractivity contribution < 1.29 is 8.42 Å². The number of hydrogen-bond acceptors (Lipinski definition) is 3. The van der Waals surface area contributed by atoms with Crippen molar-refractivity contribution >= 4 is 19.7 Å². The standard InChI is InChI=1S/C11H16ClNO2S/c1-3-13(4-2)9-10-5-7-11(8-6-10)16(12,14)15/h5-8H,3-4,9H2,1-2H3. The van der Waals surface area contributed by atoms with Crippen LogP contribution in [0, 0.1) is 0 Å². The van der Waals surface area contributed by atoms with Crippen molar-refractivity contribution in [1.82, 2.24) is 4.90 Å². The van der Waals surface area contributed by atoms with Crippen LogP contribution in [0.15, 0.2) is 29.2 Å². The van der Waals surface area contributed by atoms with E-state index >= 15 is 0 Å². The van der Waals surface area contributed by atoms with Crippen LogP contribution in [0.1, 0.15) is 19.4 Å². The zero-order valence-electron chi connectivity index (χ0n) is 9.48. The van der Waals surface area contributed by atoms with Crippen molar-refractivity contribution in [1.29, 1.82) is 0 Å². The first-order valence-corrected chi connectivity index (χ1v) is 7.54. The average molecular weight is 262 g/mol. The molecule has 90 valence electrons. The maximum atomic E-state index is 11.0. The number of rotatable bonds is 5. The molecule has 3 nitrogen and oxygen atoms in total. The quantitative estimate of drug-likeness (QED) is 0.764. The molecule has 0 aliphatic heterocycles. The summed E-state index contributed by atoms with van der Waals surface area (Å²) >= 11 is 0. The minimum atomic E-state index is -3.60. The second kappa shape index (κ2) is 5.66. The van der Waals surface area contributed by atoms with Gasteiger partial charge in [-0.05, 0) is 30.8 Å². The molecule has 0 aromatic heterocycles. The maximum absolute atomic E-state index is 11.0. The highest BCUT2D eigenvalue weighted by atomic mass is 35.7. The second-order valence-electron chi connectivity index (χ2n) is 3.54. The van der Waals surface area contributed by atoms with E-state index in [2.05, 4.69) is 18.7 Å². The van der Waals surface area contributed by atoms with Crippen LogP contribution in [0.5, 0.6) is 0 Å². The lowest BCUT2D eigenvalue weighted by Crippen LogP contribution is -2.22. The third-order valence-electron chi connectivity index (χ3n) is 2.51. The highest BCUT2D eigenvalue weighted by Crippen LogP contribution is 2.16. The van der Waals surface area contributed by atoms with Crippen LogP contribution in [0.25, 0.3) is 0 Å². The third-order valence-corrected chi connectivity index (χ3v) is 3.88. The normalized spacial score (nSPS) is 12.0. The first kappa shape index (κ1) is 13.5. The van der Waals surface area contributed by atoms with Gasteiger partial charge in [0.2, 0.25) is 0 Å². The molecule has 0 aliphatic rings. The van der Waals surface area contributed by atoms with E-state index in [0.717, 1.165) is 25.2 Å². The van der Waals surface area contributed by atoms with Crippen molar-refractivity contribution in [3.63, 3.8) is 0 Å². The van der Waals surface area contributed by atoms with Crippen molar-refractivity contribution in [3.05, 3.63) is 29.8 Å². The Hall–Kier alpha value is -0.580. The molecule has 1 aromatic carbocycles. The van der Waals surface area contributed by atoms with Gasteiger partial charge in [0.15, 0.2) is 0 Å². The van der Waals surface area contributed by atoms with Gasteiger partial charge in [-0.1, -0.05) is 26.0 Å². The van der Waals surface area contributed by atoms with Crippen LogP contribution in [-0.4, -0.2) is 26.4 Å². The zero-order valence-corrected chi connectivity index (χ0v) is 11.1. The van der Waals surface area contributed by atoms with E-state index in [1.807, 2.05) is 0 Å². The molecule has 0 heterocycles. The molecular formula is C11H16ClNO2S. The monoisotopic (exact) mass is 261 g/mol. The summed E-state index contributed by atoms with van der Waals surface area (Å²) in [5.74, 6) is 0. The van der Waals surface area contributed by atoms with Crippen molar-refractivity contribution in [2.45, 2.75) is 25.3 Å². The maximum Gasteiger partial charge on any atom is 0.261 e. The molecule has 0 atom stereocenters. The van der Waals surface area contributed by atoms with Crippen LogP contribution in [-0.2, 0) is 15.6 Å². The van der Waals surface area contributed by atoms with Gasteiger partial charge < -0.3 is 0 Å². The van der Waals surface area contributed by atoms with Crippen molar-refractivity contribution in [3.8, 4) is 0 Å². The van der Waals surface area contributed by atoms with Crippen LogP contribution in [0.3, 0.4) is 0 Å². The minimum Gasteiger partial charge on any atom is -0.300 e. The minimum absolute atomic E-state index is 0.150. The molecule has 0 unspecified atom stereocenters. The van der Waals surface area contributed by atoms with Gasteiger partial charge in [-0.25, -0.2) is 8.42 Å². The largest absolute Gasteiger partial charge is 0.300 e. The lowest BCUT2D eigenvalue weighted by Gasteiger charge is -2.17. The van der Waals surface area contributed by atoms with Gasteiger partial charge in [-0.3, -0.25) is 4.90 Å². The van der Waals surface area contributed by atoms with Crippen molar-refractivity contribution in [2.75, 3.05) is 13.1 Å². The van der Waals surface area contributed by atoms with Gasteiger partial charge >= 0.3 is 0 Å². The summed E-state index contributed by atoms with van der Waals surface area (Å²) < 4.78 is 22.1. The molecule has 16 heavy (non-hydrogen) atoms. The Labute approximate surface area is 101 Å². The molecular weight excluding hydrogens is 246 g/mol. The van der Waals surface area contributed by atoms with E-state index < -0.39 is 9.05 Å². The summed E-state index contributed by atoms with van der Waals surface area (Å²) in [6.45, 7) is 6.98. The average Bonchev–Trinajstić information content (AvgIpc) is 2.25. The Balaban J connectivity index is 2.80. The fraction of sp³-hybridized carbons (Fsp3) is 0.455. The first-order valence-electron chi connectivity index (χ1n) is 5.23. The van der Waals surface area contributed by atoms with Crippen LogP contribution < -0.4 is 0 Å². The number of nitrogens with zero attached hydrogens (tertiary/aromatic N) is 1. The molecule has 1 rings (SSSR count). The Kier molecular flexibility index (Phi) is 4.77. The molecule has 0 aliphatic carbocycles. The fourth-order valence-electron chi connectivity index (χ4n) is 1.46. The SMILES string of the molecule is CCN(CC)Cc1ccc(S(=O)(=O)Cl)cc1. The molecule has 1 aromatic rings. The van der Waals surface area contributed by atoms with E-state index in [1.54, 1.807) is 24.3 Å². The summed E-state index contributed by atoms with van der Waals surface area (Å²) in [5, 5.41) is 0. The molecule has 0 amide bonds. The van der Waals surface area contributed by atoms with Gasteiger partial charge in [0.05, 0.1) is 4.90 Å². The lowest BCUT2D eigenvalue weighted by molar-refractivity contribution is 0.296. The molecule has 0 fully saturated rings. The zero-order chi connectivity index (χ0) is 12.2. The lowest BCUT2D eigenvalue weighted by atomic mass is 10.2. The van der Waals surface area contributed by atoms with Gasteiger partial charge in [-0.15, -0.1) is 0 Å². The van der Waals surface area contributed by atoms with E-state index in [9.17, 15) is 8.42 Å².